The maximum atomic E-state index is 6.15. The van der Waals surface area contributed by atoms with Crippen molar-refractivity contribution in [2.75, 3.05) is 0 Å². The topological polar surface area (TPSA) is 26.0 Å². The van der Waals surface area contributed by atoms with Crippen LogP contribution in [0.2, 0.25) is 0 Å². The van der Waals surface area contributed by atoms with Gasteiger partial charge in [-0.3, -0.25) is 0 Å². The first-order chi connectivity index (χ1) is 6.56. The predicted octanol–water partition coefficient (Wildman–Crippen LogP) is 3.80. The van der Waals surface area contributed by atoms with Crippen molar-refractivity contribution in [1.82, 2.24) is 0 Å². The molecule has 0 bridgehead atoms. The molecule has 0 spiro atoms. The summed E-state index contributed by atoms with van der Waals surface area (Å²) in [5, 5.41) is 0. The molecule has 1 aromatic rings. The quantitative estimate of drug-likeness (QED) is 0.874. The van der Waals surface area contributed by atoms with Crippen molar-refractivity contribution in [3.8, 4) is 0 Å². The molecular weight excluding hydrogens is 238 g/mol. The lowest BCUT2D eigenvalue weighted by Gasteiger charge is -2.19. The third-order valence-corrected chi connectivity index (χ3v) is 3.69. The summed E-state index contributed by atoms with van der Waals surface area (Å²) in [6.45, 7) is 6.45. The minimum absolute atomic E-state index is 0.150. The van der Waals surface area contributed by atoms with Crippen molar-refractivity contribution in [3.05, 3.63) is 33.8 Å². The second-order valence-corrected chi connectivity index (χ2v) is 4.77. The maximum absolute atomic E-state index is 6.15. The van der Waals surface area contributed by atoms with Gasteiger partial charge in [-0.05, 0) is 30.0 Å². The molecule has 1 rings (SSSR count). The Balaban J connectivity index is 2.91. The molecule has 0 heterocycles. The van der Waals surface area contributed by atoms with E-state index in [4.69, 9.17) is 5.73 Å². The van der Waals surface area contributed by atoms with Crippen molar-refractivity contribution in [2.24, 2.45) is 11.7 Å². The Morgan fingerprint density at radius 3 is 2.57 bits per heavy atom. The van der Waals surface area contributed by atoms with Crippen LogP contribution in [0.3, 0.4) is 0 Å². The van der Waals surface area contributed by atoms with Crippen LogP contribution in [0.1, 0.15) is 37.4 Å². The molecule has 0 aliphatic heterocycles. The number of benzene rings is 1. The van der Waals surface area contributed by atoms with Crippen LogP contribution in [0.25, 0.3) is 0 Å². The van der Waals surface area contributed by atoms with Gasteiger partial charge in [0, 0.05) is 10.5 Å². The Morgan fingerprint density at radius 2 is 2.07 bits per heavy atom. The Bertz CT molecular complexity index is 309. The standard InChI is InChI=1S/C12H18BrN/c1-4-8(2)12(14)10-6-5-9(3)11(13)7-10/h5-8,12H,4,14H2,1-3H3. The summed E-state index contributed by atoms with van der Waals surface area (Å²) in [4.78, 5) is 0. The largest absolute Gasteiger partial charge is 0.324 e. The second kappa shape index (κ2) is 4.94. The van der Waals surface area contributed by atoms with Crippen LogP contribution in [0.4, 0.5) is 0 Å². The average molecular weight is 256 g/mol. The van der Waals surface area contributed by atoms with E-state index in [0.717, 1.165) is 10.9 Å². The average Bonchev–Trinajstić information content (AvgIpc) is 2.20. The van der Waals surface area contributed by atoms with Crippen molar-refractivity contribution >= 4 is 15.9 Å². The Hall–Kier alpha value is -0.340. The first kappa shape index (κ1) is 11.7. The van der Waals surface area contributed by atoms with Crippen molar-refractivity contribution < 1.29 is 0 Å². The van der Waals surface area contributed by atoms with Crippen molar-refractivity contribution in [1.29, 1.82) is 0 Å². The van der Waals surface area contributed by atoms with Crippen LogP contribution < -0.4 is 5.73 Å². The van der Waals surface area contributed by atoms with Crippen LogP contribution in [0.15, 0.2) is 22.7 Å². The van der Waals surface area contributed by atoms with E-state index in [1.54, 1.807) is 0 Å². The molecule has 2 N–H and O–H groups in total. The van der Waals surface area contributed by atoms with E-state index < -0.39 is 0 Å². The second-order valence-electron chi connectivity index (χ2n) is 3.92. The van der Waals surface area contributed by atoms with Gasteiger partial charge in [0.05, 0.1) is 0 Å². The zero-order chi connectivity index (χ0) is 10.7. The van der Waals surface area contributed by atoms with E-state index >= 15 is 0 Å². The fraction of sp³-hybridized carbons (Fsp3) is 0.500. The van der Waals surface area contributed by atoms with Gasteiger partial charge in [-0.15, -0.1) is 0 Å². The lowest BCUT2D eigenvalue weighted by molar-refractivity contribution is 0.456. The van der Waals surface area contributed by atoms with Gasteiger partial charge in [-0.25, -0.2) is 0 Å². The van der Waals surface area contributed by atoms with Gasteiger partial charge in [-0.1, -0.05) is 48.3 Å². The van der Waals surface area contributed by atoms with Gasteiger partial charge in [-0.2, -0.15) is 0 Å². The third kappa shape index (κ3) is 2.58. The molecule has 0 fully saturated rings. The number of halogens is 1. The molecule has 2 heteroatoms. The molecule has 0 aliphatic rings. The molecular formula is C12H18BrN. The molecule has 1 nitrogen and oxygen atoms in total. The number of hydrogen-bond acceptors (Lipinski definition) is 1. The molecule has 0 aliphatic carbocycles. The van der Waals surface area contributed by atoms with Crippen LogP contribution in [0.5, 0.6) is 0 Å². The zero-order valence-electron chi connectivity index (χ0n) is 9.05. The van der Waals surface area contributed by atoms with E-state index in [2.05, 4.69) is 54.9 Å². The fourth-order valence-corrected chi connectivity index (χ4v) is 1.80. The molecule has 78 valence electrons. The van der Waals surface area contributed by atoms with Gasteiger partial charge in [0.1, 0.15) is 0 Å². The summed E-state index contributed by atoms with van der Waals surface area (Å²) in [5.41, 5.74) is 8.62. The summed E-state index contributed by atoms with van der Waals surface area (Å²) in [6, 6.07) is 6.52. The molecule has 2 atom stereocenters. The van der Waals surface area contributed by atoms with E-state index in [-0.39, 0.29) is 6.04 Å². The van der Waals surface area contributed by atoms with Crippen LogP contribution in [0, 0.1) is 12.8 Å². The smallest absolute Gasteiger partial charge is 0.0321 e. The Morgan fingerprint density at radius 1 is 1.43 bits per heavy atom. The van der Waals surface area contributed by atoms with Crippen LogP contribution in [-0.4, -0.2) is 0 Å². The highest BCUT2D eigenvalue weighted by molar-refractivity contribution is 9.10. The predicted molar refractivity (Wildman–Crippen MR) is 65.3 cm³/mol. The molecule has 0 saturated heterocycles. The molecule has 0 amide bonds. The van der Waals surface area contributed by atoms with Crippen molar-refractivity contribution in [3.63, 3.8) is 0 Å². The van der Waals surface area contributed by atoms with E-state index in [1.165, 1.54) is 11.1 Å². The van der Waals surface area contributed by atoms with E-state index in [1.807, 2.05) is 0 Å². The molecule has 0 radical (unpaired) electrons. The summed E-state index contributed by atoms with van der Waals surface area (Å²) in [7, 11) is 0. The summed E-state index contributed by atoms with van der Waals surface area (Å²) in [6.07, 6.45) is 1.12. The Labute approximate surface area is 94.8 Å². The molecule has 0 aromatic heterocycles. The number of nitrogens with two attached hydrogens (primary N) is 1. The van der Waals surface area contributed by atoms with Crippen LogP contribution in [-0.2, 0) is 0 Å². The minimum atomic E-state index is 0.150. The monoisotopic (exact) mass is 255 g/mol. The lowest BCUT2D eigenvalue weighted by Crippen LogP contribution is -2.18. The normalized spacial score (nSPS) is 15.2. The Kier molecular flexibility index (Phi) is 4.14. The van der Waals surface area contributed by atoms with Gasteiger partial charge in [0.25, 0.3) is 0 Å². The number of rotatable bonds is 3. The first-order valence-corrected chi connectivity index (χ1v) is 5.87. The summed E-state index contributed by atoms with van der Waals surface area (Å²) in [5.74, 6) is 0.532. The molecule has 0 saturated carbocycles. The fourth-order valence-electron chi connectivity index (χ4n) is 1.40. The third-order valence-electron chi connectivity index (χ3n) is 2.84. The summed E-state index contributed by atoms with van der Waals surface area (Å²) < 4.78 is 1.15. The van der Waals surface area contributed by atoms with Crippen molar-refractivity contribution in [2.45, 2.75) is 33.2 Å². The molecule has 2 unspecified atom stereocenters. The highest BCUT2D eigenvalue weighted by Gasteiger charge is 2.13. The highest BCUT2D eigenvalue weighted by atomic mass is 79.9. The van der Waals surface area contributed by atoms with Gasteiger partial charge >= 0.3 is 0 Å². The van der Waals surface area contributed by atoms with E-state index in [9.17, 15) is 0 Å². The molecule has 14 heavy (non-hydrogen) atoms. The van der Waals surface area contributed by atoms with Gasteiger partial charge in [0.2, 0.25) is 0 Å². The van der Waals surface area contributed by atoms with E-state index in [0.29, 0.717) is 5.92 Å². The van der Waals surface area contributed by atoms with Crippen LogP contribution >= 0.6 is 15.9 Å². The van der Waals surface area contributed by atoms with Gasteiger partial charge in [0.15, 0.2) is 0 Å². The maximum Gasteiger partial charge on any atom is 0.0321 e. The number of aryl methyl sites for hydroxylation is 1. The highest BCUT2D eigenvalue weighted by Crippen LogP contribution is 2.25. The lowest BCUT2D eigenvalue weighted by atomic mass is 9.93. The zero-order valence-corrected chi connectivity index (χ0v) is 10.6. The number of hydrogen-bond donors (Lipinski definition) is 1. The summed E-state index contributed by atoms with van der Waals surface area (Å²) >= 11 is 3.53. The van der Waals surface area contributed by atoms with Gasteiger partial charge < -0.3 is 5.73 Å². The molecule has 1 aromatic carbocycles. The SMILES string of the molecule is CCC(C)C(N)c1ccc(C)c(Br)c1. The minimum Gasteiger partial charge on any atom is -0.324 e. The first-order valence-electron chi connectivity index (χ1n) is 5.08.